The standard InChI is InChI=1S/C12H18N4OS/c1-7-6-10(11(13)18)16-12(14-7)15-8-2-4-9(17)5-3-8/h6,8-9,17H,2-5H2,1H3,(H2,13,18)(H,14,15,16). The first kappa shape index (κ1) is 13.2. The van der Waals surface area contributed by atoms with Gasteiger partial charge in [0, 0.05) is 11.7 Å². The Balaban J connectivity index is 2.07. The number of thiocarbonyl (C=S) groups is 1. The summed E-state index contributed by atoms with van der Waals surface area (Å²) in [6.07, 6.45) is 3.35. The molecule has 1 aromatic heterocycles. The molecule has 0 amide bonds. The number of aryl methyl sites for hydroxylation is 1. The molecule has 0 spiro atoms. The summed E-state index contributed by atoms with van der Waals surface area (Å²) in [5.74, 6) is 0.569. The topological polar surface area (TPSA) is 84.1 Å². The summed E-state index contributed by atoms with van der Waals surface area (Å²) in [7, 11) is 0. The molecule has 5 nitrogen and oxygen atoms in total. The van der Waals surface area contributed by atoms with Gasteiger partial charge in [0.2, 0.25) is 5.95 Å². The van der Waals surface area contributed by atoms with E-state index in [2.05, 4.69) is 15.3 Å². The zero-order chi connectivity index (χ0) is 13.1. The fourth-order valence-electron chi connectivity index (χ4n) is 2.16. The molecule has 0 radical (unpaired) electrons. The number of aromatic nitrogens is 2. The molecule has 1 heterocycles. The van der Waals surface area contributed by atoms with E-state index in [0.29, 0.717) is 17.7 Å². The molecule has 0 saturated heterocycles. The number of hydrogen-bond donors (Lipinski definition) is 3. The molecule has 1 aliphatic rings. The number of nitrogens with one attached hydrogen (secondary N) is 1. The van der Waals surface area contributed by atoms with Gasteiger partial charge in [-0.3, -0.25) is 0 Å². The van der Waals surface area contributed by atoms with Crippen molar-refractivity contribution in [2.24, 2.45) is 5.73 Å². The summed E-state index contributed by atoms with van der Waals surface area (Å²) in [6.45, 7) is 1.89. The second-order valence-electron chi connectivity index (χ2n) is 4.73. The maximum absolute atomic E-state index is 9.46. The highest BCUT2D eigenvalue weighted by atomic mass is 32.1. The molecule has 0 aliphatic heterocycles. The Hall–Kier alpha value is -1.27. The molecule has 1 aromatic rings. The van der Waals surface area contributed by atoms with Crippen molar-refractivity contribution in [3.05, 3.63) is 17.5 Å². The van der Waals surface area contributed by atoms with Crippen LogP contribution in [0.2, 0.25) is 0 Å². The molecule has 98 valence electrons. The van der Waals surface area contributed by atoms with E-state index in [0.717, 1.165) is 31.4 Å². The highest BCUT2D eigenvalue weighted by Gasteiger charge is 2.20. The number of anilines is 1. The van der Waals surface area contributed by atoms with Crippen LogP contribution in [0.15, 0.2) is 6.07 Å². The molecule has 0 unspecified atom stereocenters. The largest absolute Gasteiger partial charge is 0.393 e. The molecule has 0 aromatic carbocycles. The third kappa shape index (κ3) is 3.36. The van der Waals surface area contributed by atoms with Gasteiger partial charge in [-0.2, -0.15) is 0 Å². The van der Waals surface area contributed by atoms with Crippen LogP contribution in [0.3, 0.4) is 0 Å². The van der Waals surface area contributed by atoms with E-state index in [-0.39, 0.29) is 11.1 Å². The highest BCUT2D eigenvalue weighted by molar-refractivity contribution is 7.80. The lowest BCUT2D eigenvalue weighted by atomic mass is 9.93. The van der Waals surface area contributed by atoms with Crippen LogP contribution in [-0.4, -0.2) is 32.2 Å². The summed E-state index contributed by atoms with van der Waals surface area (Å²) in [5, 5.41) is 12.8. The normalized spacial score (nSPS) is 23.7. The van der Waals surface area contributed by atoms with Gasteiger partial charge in [-0.25, -0.2) is 9.97 Å². The van der Waals surface area contributed by atoms with Gasteiger partial charge < -0.3 is 16.2 Å². The summed E-state index contributed by atoms with van der Waals surface area (Å²) in [6, 6.07) is 2.09. The molecule has 1 aliphatic carbocycles. The maximum atomic E-state index is 9.46. The van der Waals surface area contributed by atoms with E-state index >= 15 is 0 Å². The van der Waals surface area contributed by atoms with Gasteiger partial charge in [-0.05, 0) is 38.7 Å². The first-order valence-electron chi connectivity index (χ1n) is 6.14. The Morgan fingerprint density at radius 3 is 2.67 bits per heavy atom. The molecule has 2 rings (SSSR count). The van der Waals surface area contributed by atoms with Crippen LogP contribution in [0.1, 0.15) is 37.1 Å². The fourth-order valence-corrected chi connectivity index (χ4v) is 2.27. The van der Waals surface area contributed by atoms with E-state index in [9.17, 15) is 5.11 Å². The minimum Gasteiger partial charge on any atom is -0.393 e. The molecule has 1 fully saturated rings. The third-order valence-corrected chi connectivity index (χ3v) is 3.35. The summed E-state index contributed by atoms with van der Waals surface area (Å²) >= 11 is 4.93. The average molecular weight is 266 g/mol. The van der Waals surface area contributed by atoms with Crippen molar-refractivity contribution in [3.8, 4) is 0 Å². The number of hydrogen-bond acceptors (Lipinski definition) is 5. The molecule has 6 heteroatoms. The Bertz CT molecular complexity index is 444. The molecule has 0 bridgehead atoms. The number of nitrogens with two attached hydrogens (primary N) is 1. The van der Waals surface area contributed by atoms with E-state index < -0.39 is 0 Å². The Morgan fingerprint density at radius 1 is 1.39 bits per heavy atom. The SMILES string of the molecule is Cc1cc(C(N)=S)nc(NC2CCC(O)CC2)n1. The first-order chi connectivity index (χ1) is 8.54. The quantitative estimate of drug-likeness (QED) is 0.711. The number of aliphatic hydroxyl groups excluding tert-OH is 1. The van der Waals surface area contributed by atoms with Crippen LogP contribution in [0, 0.1) is 6.92 Å². The van der Waals surface area contributed by atoms with Crippen LogP contribution in [-0.2, 0) is 0 Å². The van der Waals surface area contributed by atoms with Gasteiger partial charge in [-0.1, -0.05) is 12.2 Å². The predicted molar refractivity (Wildman–Crippen MR) is 74.5 cm³/mol. The third-order valence-electron chi connectivity index (χ3n) is 3.14. The zero-order valence-corrected chi connectivity index (χ0v) is 11.2. The van der Waals surface area contributed by atoms with E-state index in [4.69, 9.17) is 18.0 Å². The highest BCUT2D eigenvalue weighted by Crippen LogP contribution is 2.21. The fraction of sp³-hybridized carbons (Fsp3) is 0.583. The van der Waals surface area contributed by atoms with Crippen molar-refractivity contribution >= 4 is 23.2 Å². The Kier molecular flexibility index (Phi) is 4.08. The Labute approximate surface area is 112 Å². The Morgan fingerprint density at radius 2 is 2.06 bits per heavy atom. The first-order valence-corrected chi connectivity index (χ1v) is 6.55. The second-order valence-corrected chi connectivity index (χ2v) is 5.17. The lowest BCUT2D eigenvalue weighted by Crippen LogP contribution is -2.29. The van der Waals surface area contributed by atoms with Crippen molar-refractivity contribution in [2.75, 3.05) is 5.32 Å². The predicted octanol–water partition coefficient (Wildman–Crippen LogP) is 1.13. The molecule has 1 saturated carbocycles. The monoisotopic (exact) mass is 266 g/mol. The molecule has 18 heavy (non-hydrogen) atoms. The van der Waals surface area contributed by atoms with Crippen LogP contribution >= 0.6 is 12.2 Å². The second kappa shape index (κ2) is 5.58. The van der Waals surface area contributed by atoms with E-state index in [1.807, 2.05) is 6.92 Å². The number of rotatable bonds is 3. The van der Waals surface area contributed by atoms with Crippen LogP contribution < -0.4 is 11.1 Å². The summed E-state index contributed by atoms with van der Waals surface area (Å²) in [5.41, 5.74) is 7.02. The van der Waals surface area contributed by atoms with Crippen molar-refractivity contribution in [3.63, 3.8) is 0 Å². The van der Waals surface area contributed by atoms with E-state index in [1.54, 1.807) is 6.07 Å². The zero-order valence-electron chi connectivity index (χ0n) is 10.4. The molecular formula is C12H18N4OS. The minimum atomic E-state index is -0.159. The minimum absolute atomic E-state index is 0.159. The van der Waals surface area contributed by atoms with Crippen LogP contribution in [0.4, 0.5) is 5.95 Å². The lowest BCUT2D eigenvalue weighted by Gasteiger charge is -2.26. The lowest BCUT2D eigenvalue weighted by molar-refractivity contribution is 0.126. The summed E-state index contributed by atoms with van der Waals surface area (Å²) < 4.78 is 0. The molecule has 0 atom stereocenters. The smallest absolute Gasteiger partial charge is 0.223 e. The van der Waals surface area contributed by atoms with Crippen molar-refractivity contribution in [1.82, 2.24) is 9.97 Å². The van der Waals surface area contributed by atoms with Gasteiger partial charge in [0.1, 0.15) is 10.7 Å². The van der Waals surface area contributed by atoms with Gasteiger partial charge in [0.05, 0.1) is 6.10 Å². The van der Waals surface area contributed by atoms with Gasteiger partial charge in [0.15, 0.2) is 0 Å². The van der Waals surface area contributed by atoms with Gasteiger partial charge in [-0.15, -0.1) is 0 Å². The molecule has 4 N–H and O–H groups in total. The van der Waals surface area contributed by atoms with Crippen molar-refractivity contribution in [2.45, 2.75) is 44.8 Å². The molecular weight excluding hydrogens is 248 g/mol. The number of aliphatic hydroxyl groups is 1. The van der Waals surface area contributed by atoms with Gasteiger partial charge >= 0.3 is 0 Å². The maximum Gasteiger partial charge on any atom is 0.223 e. The summed E-state index contributed by atoms with van der Waals surface area (Å²) in [4.78, 5) is 8.90. The average Bonchev–Trinajstić information content (AvgIpc) is 2.31. The number of nitrogens with zero attached hydrogens (tertiary/aromatic N) is 2. The van der Waals surface area contributed by atoms with Crippen LogP contribution in [0.25, 0.3) is 0 Å². The van der Waals surface area contributed by atoms with Gasteiger partial charge in [0.25, 0.3) is 0 Å². The van der Waals surface area contributed by atoms with E-state index in [1.165, 1.54) is 0 Å². The van der Waals surface area contributed by atoms with Crippen LogP contribution in [0.5, 0.6) is 0 Å². The van der Waals surface area contributed by atoms with Crippen molar-refractivity contribution in [1.29, 1.82) is 0 Å². The van der Waals surface area contributed by atoms with Crippen molar-refractivity contribution < 1.29 is 5.11 Å².